The summed E-state index contributed by atoms with van der Waals surface area (Å²) in [4.78, 5) is 16.9. The number of ether oxygens (including phenoxy) is 1. The van der Waals surface area contributed by atoms with Crippen molar-refractivity contribution in [2.75, 3.05) is 13.0 Å². The average molecular weight is 337 g/mol. The van der Waals surface area contributed by atoms with Crippen LogP contribution in [0, 0.1) is 0 Å². The Balaban J connectivity index is 1.65. The number of nitrogens with zero attached hydrogens (tertiary/aromatic N) is 1. The third-order valence-electron chi connectivity index (χ3n) is 3.13. The molecule has 0 spiro atoms. The number of hydrogen-bond donors (Lipinski definition) is 1. The predicted molar refractivity (Wildman–Crippen MR) is 85.7 cm³/mol. The van der Waals surface area contributed by atoms with Crippen LogP contribution in [0.15, 0.2) is 10.8 Å². The van der Waals surface area contributed by atoms with E-state index in [2.05, 4.69) is 5.48 Å². The molecule has 1 saturated carbocycles. The molecule has 0 atom stereocenters. The van der Waals surface area contributed by atoms with Crippen LogP contribution in [0.2, 0.25) is 0 Å². The molecule has 1 N–H and O–H groups in total. The summed E-state index contributed by atoms with van der Waals surface area (Å²) in [7, 11) is 4.95. The van der Waals surface area contributed by atoms with Gasteiger partial charge in [0, 0.05) is 23.3 Å². The summed E-state index contributed by atoms with van der Waals surface area (Å²) in [6.45, 7) is 1.84. The van der Waals surface area contributed by atoms with Crippen molar-refractivity contribution in [3.05, 3.63) is 10.8 Å². The molecule has 0 bridgehead atoms. The second-order valence-electron chi connectivity index (χ2n) is 4.69. The van der Waals surface area contributed by atoms with E-state index in [0.29, 0.717) is 11.2 Å². The third kappa shape index (κ3) is 4.89. The molecule has 0 radical (unpaired) electrons. The van der Waals surface area contributed by atoms with Crippen LogP contribution in [0.5, 0.6) is 0 Å². The van der Waals surface area contributed by atoms with E-state index in [1.807, 2.05) is 6.92 Å². The van der Waals surface area contributed by atoms with Crippen LogP contribution < -0.4 is 5.48 Å². The first-order chi connectivity index (χ1) is 9.66. The first-order valence-electron chi connectivity index (χ1n) is 6.67. The molecule has 1 aliphatic carbocycles. The molecule has 0 aromatic carbocycles. The van der Waals surface area contributed by atoms with E-state index < -0.39 is 6.09 Å². The zero-order chi connectivity index (χ0) is 14.4. The Bertz CT molecular complexity index is 373. The van der Waals surface area contributed by atoms with Crippen molar-refractivity contribution in [3.8, 4) is 0 Å². The van der Waals surface area contributed by atoms with Gasteiger partial charge in [0.1, 0.15) is 16.7 Å². The fraction of sp³-hybridized carbons (Fsp3) is 0.750. The first kappa shape index (κ1) is 16.0. The van der Waals surface area contributed by atoms with Crippen LogP contribution in [0.3, 0.4) is 0 Å². The number of hydroxylamine groups is 1. The second kappa shape index (κ2) is 8.19. The summed E-state index contributed by atoms with van der Waals surface area (Å²) in [5.74, 6) is 1.32. The van der Waals surface area contributed by atoms with E-state index in [4.69, 9.17) is 9.57 Å². The summed E-state index contributed by atoms with van der Waals surface area (Å²) in [5, 5.41) is 1.41. The van der Waals surface area contributed by atoms with E-state index in [9.17, 15) is 4.79 Å². The van der Waals surface area contributed by atoms with Crippen LogP contribution in [-0.2, 0) is 9.57 Å². The highest BCUT2D eigenvalue weighted by molar-refractivity contribution is 8.76. The largest absolute Gasteiger partial charge is 0.484 e. The van der Waals surface area contributed by atoms with E-state index in [-0.39, 0.29) is 0 Å². The van der Waals surface area contributed by atoms with Crippen molar-refractivity contribution < 1.29 is 14.4 Å². The molecule has 2 rings (SSSR count). The van der Waals surface area contributed by atoms with Gasteiger partial charge in [0.25, 0.3) is 0 Å². The van der Waals surface area contributed by atoms with Crippen molar-refractivity contribution in [1.82, 2.24) is 9.79 Å². The van der Waals surface area contributed by atoms with Gasteiger partial charge in [-0.3, -0.25) is 0 Å². The predicted octanol–water partition coefficient (Wildman–Crippen LogP) is 4.10. The number of allylic oxidation sites excluding steroid dienone is 1. The molecule has 0 unspecified atom stereocenters. The molecule has 0 aromatic rings. The fourth-order valence-corrected chi connectivity index (χ4v) is 5.02. The number of thioether (sulfide) groups is 1. The van der Waals surface area contributed by atoms with Gasteiger partial charge < -0.3 is 9.57 Å². The highest BCUT2D eigenvalue weighted by Gasteiger charge is 2.20. The molecule has 1 aliphatic heterocycles. The molecular weight excluding hydrogens is 316 g/mol. The summed E-state index contributed by atoms with van der Waals surface area (Å²) < 4.78 is 6.77. The lowest BCUT2D eigenvalue weighted by Gasteiger charge is -2.22. The Kier molecular flexibility index (Phi) is 6.57. The monoisotopic (exact) mass is 336 g/mol. The molecule has 1 amide bonds. The molecule has 114 valence electrons. The minimum Gasteiger partial charge on any atom is -0.484 e. The summed E-state index contributed by atoms with van der Waals surface area (Å²) >= 11 is 1.48. The smallest absolute Gasteiger partial charge is 0.444 e. The Hall–Kier alpha value is -0.340. The van der Waals surface area contributed by atoms with Gasteiger partial charge in [-0.05, 0) is 19.8 Å². The van der Waals surface area contributed by atoms with Gasteiger partial charge in [-0.1, -0.05) is 41.8 Å². The molecule has 5 nitrogen and oxygen atoms in total. The Labute approximate surface area is 132 Å². The molecule has 1 heterocycles. The van der Waals surface area contributed by atoms with E-state index >= 15 is 0 Å². The van der Waals surface area contributed by atoms with Crippen molar-refractivity contribution in [1.29, 1.82) is 0 Å². The SMILES string of the molecule is CC1=C(NOC(=O)N(C)SSC2CCCCC2)SCO1. The van der Waals surface area contributed by atoms with Crippen molar-refractivity contribution >= 4 is 39.6 Å². The minimum absolute atomic E-state index is 0.397. The van der Waals surface area contributed by atoms with Gasteiger partial charge in [0.15, 0.2) is 0 Å². The topological polar surface area (TPSA) is 50.8 Å². The zero-order valence-corrected chi connectivity index (χ0v) is 14.2. The van der Waals surface area contributed by atoms with E-state index in [0.717, 1.165) is 10.8 Å². The first-order valence-corrected chi connectivity index (χ1v) is 9.83. The van der Waals surface area contributed by atoms with Gasteiger partial charge in [0.2, 0.25) is 0 Å². The van der Waals surface area contributed by atoms with Crippen molar-refractivity contribution in [2.24, 2.45) is 0 Å². The number of carbonyl (C=O) groups excluding carboxylic acids is 1. The summed E-state index contributed by atoms with van der Waals surface area (Å²) in [5.41, 5.74) is 2.65. The zero-order valence-electron chi connectivity index (χ0n) is 11.7. The highest BCUT2D eigenvalue weighted by atomic mass is 33.1. The number of hydrogen-bond acceptors (Lipinski definition) is 7. The third-order valence-corrected chi connectivity index (χ3v) is 6.97. The maximum absolute atomic E-state index is 11.8. The molecule has 0 saturated heterocycles. The quantitative estimate of drug-likeness (QED) is 0.461. The highest BCUT2D eigenvalue weighted by Crippen LogP contribution is 2.37. The van der Waals surface area contributed by atoms with Gasteiger partial charge in [-0.15, -0.1) is 0 Å². The number of carbonyl (C=O) groups is 1. The second-order valence-corrected chi connectivity index (χ2v) is 8.20. The average Bonchev–Trinajstić information content (AvgIpc) is 2.88. The van der Waals surface area contributed by atoms with Crippen LogP contribution >= 0.6 is 33.5 Å². The lowest BCUT2D eigenvalue weighted by atomic mass is 10.0. The van der Waals surface area contributed by atoms with E-state index in [1.54, 1.807) is 17.8 Å². The molecule has 20 heavy (non-hydrogen) atoms. The van der Waals surface area contributed by atoms with Crippen LogP contribution in [0.1, 0.15) is 39.0 Å². The Morgan fingerprint density at radius 1 is 1.45 bits per heavy atom. The Morgan fingerprint density at radius 3 is 2.85 bits per heavy atom. The van der Waals surface area contributed by atoms with Gasteiger partial charge in [0.05, 0.1) is 0 Å². The van der Waals surface area contributed by atoms with Gasteiger partial charge >= 0.3 is 6.09 Å². The molecule has 2 aliphatic rings. The molecule has 8 heteroatoms. The van der Waals surface area contributed by atoms with Gasteiger partial charge in [-0.2, -0.15) is 0 Å². The normalized spacial score (nSPS) is 19.7. The lowest BCUT2D eigenvalue weighted by molar-refractivity contribution is 0.0958. The number of nitrogens with one attached hydrogen (secondary N) is 1. The van der Waals surface area contributed by atoms with Gasteiger partial charge in [-0.25, -0.2) is 14.6 Å². The standard InChI is InChI=1S/C12H20N2O3S3/c1-9-11(18-8-16-9)13-17-12(15)14(2)20-19-10-6-4-3-5-7-10/h10,13H,3-8H2,1-2H3. The minimum atomic E-state index is -0.397. The van der Waals surface area contributed by atoms with E-state index in [1.165, 1.54) is 59.2 Å². The van der Waals surface area contributed by atoms with Crippen LogP contribution in [0.25, 0.3) is 0 Å². The molecule has 0 aromatic heterocycles. The summed E-state index contributed by atoms with van der Waals surface area (Å²) in [6, 6.07) is 0. The number of amides is 1. The van der Waals surface area contributed by atoms with Crippen molar-refractivity contribution in [3.63, 3.8) is 0 Å². The summed E-state index contributed by atoms with van der Waals surface area (Å²) in [6.07, 6.45) is 6.05. The maximum atomic E-state index is 11.8. The fourth-order valence-electron chi connectivity index (χ4n) is 1.92. The van der Waals surface area contributed by atoms with Crippen LogP contribution in [0.4, 0.5) is 4.79 Å². The molecule has 1 fully saturated rings. The molecular formula is C12H20N2O3S3. The van der Waals surface area contributed by atoms with Crippen LogP contribution in [-0.4, -0.2) is 28.6 Å². The van der Waals surface area contributed by atoms with Crippen molar-refractivity contribution in [2.45, 2.75) is 44.3 Å². The maximum Gasteiger partial charge on any atom is 0.444 e. The number of rotatable bonds is 5. The Morgan fingerprint density at radius 2 is 2.20 bits per heavy atom. The lowest BCUT2D eigenvalue weighted by Crippen LogP contribution is -2.27.